The number of imidazole rings is 1. The summed E-state index contributed by atoms with van der Waals surface area (Å²) in [5.74, 6) is 0.150. The highest BCUT2D eigenvalue weighted by Crippen LogP contribution is 2.28. The molecule has 0 fully saturated rings. The van der Waals surface area contributed by atoms with E-state index in [1.807, 2.05) is 53.2 Å². The first-order valence-electron chi connectivity index (χ1n) is 9.89. The number of thioether (sulfide) groups is 1. The number of halogens is 1. The number of carbonyl (C=O) groups excluding carboxylic acids is 2. The van der Waals surface area contributed by atoms with Crippen LogP contribution in [-0.2, 0) is 5.75 Å². The maximum absolute atomic E-state index is 13.0. The van der Waals surface area contributed by atoms with Crippen molar-refractivity contribution in [3.8, 4) is 0 Å². The number of pyridine rings is 1. The van der Waals surface area contributed by atoms with Gasteiger partial charge in [0.05, 0.1) is 21.8 Å². The molecule has 0 atom stereocenters. The van der Waals surface area contributed by atoms with E-state index in [0.717, 1.165) is 16.2 Å². The van der Waals surface area contributed by atoms with E-state index in [4.69, 9.17) is 11.6 Å². The Morgan fingerprint density at radius 3 is 2.62 bits per heavy atom. The van der Waals surface area contributed by atoms with Crippen molar-refractivity contribution in [1.29, 1.82) is 0 Å². The first kappa shape index (κ1) is 21.9. The van der Waals surface area contributed by atoms with Crippen LogP contribution in [0.2, 0.25) is 5.02 Å². The maximum atomic E-state index is 13.0. The summed E-state index contributed by atoms with van der Waals surface area (Å²) in [4.78, 5) is 32.2. The zero-order chi connectivity index (χ0) is 22.7. The summed E-state index contributed by atoms with van der Waals surface area (Å²) in [6.07, 6.45) is 3.95. The third-order valence-electron chi connectivity index (χ3n) is 4.78. The fourth-order valence-corrected chi connectivity index (χ4v) is 4.33. The highest BCUT2D eigenvalue weighted by Gasteiger charge is 2.16. The van der Waals surface area contributed by atoms with Crippen LogP contribution < -0.4 is 5.32 Å². The highest BCUT2D eigenvalue weighted by atomic mass is 35.5. The third kappa shape index (κ3) is 4.79. The Balaban J connectivity index is 1.51. The SMILES string of the molecule is CN(C)C(=O)c1cc(NC(=O)c2ccccc2SCc2cn3ccccc3n2)ccc1Cl. The monoisotopic (exact) mass is 464 g/mol. The van der Waals surface area contributed by atoms with Crippen molar-refractivity contribution >= 4 is 46.5 Å². The van der Waals surface area contributed by atoms with E-state index in [9.17, 15) is 9.59 Å². The Bertz CT molecular complexity index is 1270. The van der Waals surface area contributed by atoms with Gasteiger partial charge in [-0.15, -0.1) is 11.8 Å². The van der Waals surface area contributed by atoms with Gasteiger partial charge in [-0.2, -0.15) is 0 Å². The van der Waals surface area contributed by atoms with Crippen molar-refractivity contribution in [3.05, 3.63) is 94.9 Å². The molecule has 162 valence electrons. The van der Waals surface area contributed by atoms with Gasteiger partial charge in [0.25, 0.3) is 11.8 Å². The zero-order valence-electron chi connectivity index (χ0n) is 17.6. The Hall–Kier alpha value is -3.29. The fraction of sp³-hybridized carbons (Fsp3) is 0.125. The number of amides is 2. The van der Waals surface area contributed by atoms with Crippen LogP contribution in [0.1, 0.15) is 26.4 Å². The molecule has 2 heterocycles. The number of rotatable bonds is 6. The molecule has 0 saturated heterocycles. The quantitative estimate of drug-likeness (QED) is 0.396. The van der Waals surface area contributed by atoms with Crippen LogP contribution in [-0.4, -0.2) is 40.2 Å². The molecule has 2 aromatic carbocycles. The standard InChI is InChI=1S/C24H21ClN4O2S/c1-28(2)24(31)19-13-16(10-11-20(19)25)27-23(30)18-7-3-4-8-21(18)32-15-17-14-29-12-6-5-9-22(29)26-17/h3-14H,15H2,1-2H3,(H,27,30). The van der Waals surface area contributed by atoms with E-state index in [-0.39, 0.29) is 11.8 Å². The van der Waals surface area contributed by atoms with Crippen molar-refractivity contribution in [2.75, 3.05) is 19.4 Å². The number of aromatic nitrogens is 2. The molecule has 4 aromatic rings. The van der Waals surface area contributed by atoms with Gasteiger partial charge in [0.15, 0.2) is 0 Å². The lowest BCUT2D eigenvalue weighted by Gasteiger charge is -2.14. The van der Waals surface area contributed by atoms with Crippen LogP contribution in [0.4, 0.5) is 5.69 Å². The van der Waals surface area contributed by atoms with Gasteiger partial charge in [0.2, 0.25) is 0 Å². The summed E-state index contributed by atoms with van der Waals surface area (Å²) >= 11 is 7.72. The second-order valence-electron chi connectivity index (χ2n) is 7.33. The number of hydrogen-bond acceptors (Lipinski definition) is 4. The van der Waals surface area contributed by atoms with E-state index in [1.165, 1.54) is 4.90 Å². The predicted octanol–water partition coefficient (Wildman–Crippen LogP) is 5.23. The number of benzene rings is 2. The molecule has 32 heavy (non-hydrogen) atoms. The lowest BCUT2D eigenvalue weighted by Crippen LogP contribution is -2.22. The van der Waals surface area contributed by atoms with E-state index in [1.54, 1.807) is 50.1 Å². The summed E-state index contributed by atoms with van der Waals surface area (Å²) in [6, 6.07) is 18.2. The molecule has 0 unspecified atom stereocenters. The van der Waals surface area contributed by atoms with Crippen molar-refractivity contribution in [2.24, 2.45) is 0 Å². The van der Waals surface area contributed by atoms with Crippen LogP contribution in [0.5, 0.6) is 0 Å². The number of fused-ring (bicyclic) bond motifs is 1. The largest absolute Gasteiger partial charge is 0.345 e. The maximum Gasteiger partial charge on any atom is 0.256 e. The van der Waals surface area contributed by atoms with Crippen LogP contribution in [0.25, 0.3) is 5.65 Å². The average Bonchev–Trinajstić information content (AvgIpc) is 3.21. The van der Waals surface area contributed by atoms with Crippen molar-refractivity contribution < 1.29 is 9.59 Å². The van der Waals surface area contributed by atoms with Gasteiger partial charge in [0, 0.05) is 42.8 Å². The number of hydrogen-bond donors (Lipinski definition) is 1. The van der Waals surface area contributed by atoms with Gasteiger partial charge in [-0.05, 0) is 42.5 Å². The number of carbonyl (C=O) groups is 2. The van der Waals surface area contributed by atoms with Gasteiger partial charge in [-0.3, -0.25) is 9.59 Å². The fourth-order valence-electron chi connectivity index (χ4n) is 3.19. The first-order valence-corrected chi connectivity index (χ1v) is 11.3. The van der Waals surface area contributed by atoms with Gasteiger partial charge in [0.1, 0.15) is 5.65 Å². The minimum absolute atomic E-state index is 0.227. The number of nitrogens with one attached hydrogen (secondary N) is 1. The second kappa shape index (κ2) is 9.46. The number of anilines is 1. The molecule has 2 amide bonds. The van der Waals surface area contributed by atoms with Gasteiger partial charge < -0.3 is 14.6 Å². The van der Waals surface area contributed by atoms with E-state index in [2.05, 4.69) is 10.3 Å². The Morgan fingerprint density at radius 1 is 1.06 bits per heavy atom. The second-order valence-corrected chi connectivity index (χ2v) is 8.76. The molecule has 0 aliphatic carbocycles. The highest BCUT2D eigenvalue weighted by molar-refractivity contribution is 7.98. The minimum atomic E-state index is -0.256. The van der Waals surface area contributed by atoms with E-state index in [0.29, 0.717) is 27.6 Å². The molecule has 1 N–H and O–H groups in total. The van der Waals surface area contributed by atoms with Crippen molar-refractivity contribution in [2.45, 2.75) is 10.6 Å². The van der Waals surface area contributed by atoms with Gasteiger partial charge in [-0.1, -0.05) is 29.8 Å². The Kier molecular flexibility index (Phi) is 6.48. The van der Waals surface area contributed by atoms with Gasteiger partial charge in [-0.25, -0.2) is 4.98 Å². The summed E-state index contributed by atoms with van der Waals surface area (Å²) in [7, 11) is 3.31. The molecule has 6 nitrogen and oxygen atoms in total. The predicted molar refractivity (Wildman–Crippen MR) is 129 cm³/mol. The van der Waals surface area contributed by atoms with E-state index >= 15 is 0 Å². The molecule has 0 bridgehead atoms. The summed E-state index contributed by atoms with van der Waals surface area (Å²) < 4.78 is 1.97. The smallest absolute Gasteiger partial charge is 0.256 e. The number of nitrogens with zero attached hydrogens (tertiary/aromatic N) is 3. The summed E-state index contributed by atoms with van der Waals surface area (Å²) in [6.45, 7) is 0. The molecule has 8 heteroatoms. The van der Waals surface area contributed by atoms with Crippen LogP contribution in [0, 0.1) is 0 Å². The molecule has 0 saturated carbocycles. The third-order valence-corrected chi connectivity index (χ3v) is 6.22. The van der Waals surface area contributed by atoms with Crippen molar-refractivity contribution in [1.82, 2.24) is 14.3 Å². The molecule has 2 aromatic heterocycles. The molecule has 0 aliphatic rings. The van der Waals surface area contributed by atoms with Crippen LogP contribution in [0.15, 0.2) is 78.0 Å². The minimum Gasteiger partial charge on any atom is -0.345 e. The molecule has 0 aliphatic heterocycles. The van der Waals surface area contributed by atoms with Gasteiger partial charge >= 0.3 is 0 Å². The molecular weight excluding hydrogens is 444 g/mol. The Labute approximate surface area is 195 Å². The lowest BCUT2D eigenvalue weighted by molar-refractivity contribution is 0.0827. The molecular formula is C24H21ClN4O2S. The first-order chi connectivity index (χ1) is 15.4. The van der Waals surface area contributed by atoms with E-state index < -0.39 is 0 Å². The van der Waals surface area contributed by atoms with Crippen LogP contribution in [0.3, 0.4) is 0 Å². The molecule has 0 spiro atoms. The lowest BCUT2D eigenvalue weighted by atomic mass is 10.1. The van der Waals surface area contributed by atoms with Crippen molar-refractivity contribution in [3.63, 3.8) is 0 Å². The summed E-state index contributed by atoms with van der Waals surface area (Å²) in [5.41, 5.74) is 3.21. The molecule has 0 radical (unpaired) electrons. The average molecular weight is 465 g/mol. The Morgan fingerprint density at radius 2 is 1.84 bits per heavy atom. The molecule has 4 rings (SSSR count). The van der Waals surface area contributed by atoms with Crippen LogP contribution >= 0.6 is 23.4 Å². The normalized spacial score (nSPS) is 10.8. The zero-order valence-corrected chi connectivity index (χ0v) is 19.2. The summed E-state index contributed by atoms with van der Waals surface area (Å²) in [5, 5.41) is 3.22. The topological polar surface area (TPSA) is 66.7 Å².